The van der Waals surface area contributed by atoms with E-state index in [-0.39, 0.29) is 22.9 Å². The van der Waals surface area contributed by atoms with Gasteiger partial charge in [0.15, 0.2) is 17.7 Å². The third kappa shape index (κ3) is 4.74. The zero-order chi connectivity index (χ0) is 25.9. The number of hydrazone groups is 1. The Balaban J connectivity index is 1.98. The minimum atomic E-state index is -4.34. The number of Topliss-reactive ketones (excluding diaryl/α,β-unsaturated/α-hetero) is 1. The lowest BCUT2D eigenvalue weighted by molar-refractivity contribution is -0.146. The Morgan fingerprint density at radius 1 is 0.944 bits per heavy atom. The molecule has 9 heteroatoms. The van der Waals surface area contributed by atoms with E-state index in [0.717, 1.165) is 15.4 Å². The number of carbonyl (C=O) groups excluding carboxylic acids is 2. The molecule has 1 aliphatic heterocycles. The minimum Gasteiger partial charge on any atom is -0.464 e. The molecule has 0 spiro atoms. The van der Waals surface area contributed by atoms with E-state index in [1.807, 2.05) is 26.0 Å². The van der Waals surface area contributed by atoms with Gasteiger partial charge in [-0.1, -0.05) is 72.3 Å². The van der Waals surface area contributed by atoms with Gasteiger partial charge >= 0.3 is 5.97 Å². The first-order valence-electron chi connectivity index (χ1n) is 11.5. The third-order valence-corrected chi connectivity index (χ3v) is 7.70. The van der Waals surface area contributed by atoms with Crippen LogP contribution in [0, 0.1) is 13.8 Å². The molecule has 36 heavy (non-hydrogen) atoms. The monoisotopic (exact) mass is 505 g/mol. The van der Waals surface area contributed by atoms with Crippen LogP contribution < -0.4 is 5.43 Å². The molecule has 0 fully saturated rings. The van der Waals surface area contributed by atoms with Gasteiger partial charge in [-0.05, 0) is 38.5 Å². The number of hydrogen-bond donors (Lipinski definition) is 1. The maximum absolute atomic E-state index is 14.2. The SMILES string of the molecule is CCOC(=O)C1NN=C(c2ccccc2C)N(S(=O)(=O)c2ccc(C)cc2)C1C(=O)c1ccccc1. The second-order valence-electron chi connectivity index (χ2n) is 8.40. The Morgan fingerprint density at radius 3 is 2.22 bits per heavy atom. The fraction of sp³-hybridized carbons (Fsp3) is 0.222. The normalized spacial score (nSPS) is 17.6. The molecular weight excluding hydrogens is 478 g/mol. The number of esters is 1. The average molecular weight is 506 g/mol. The first-order valence-corrected chi connectivity index (χ1v) is 13.0. The summed E-state index contributed by atoms with van der Waals surface area (Å²) in [6.07, 6.45) is 0. The van der Waals surface area contributed by atoms with Crippen LogP contribution in [0.1, 0.15) is 34.0 Å². The number of hydrogen-bond acceptors (Lipinski definition) is 7. The van der Waals surface area contributed by atoms with Crippen molar-refractivity contribution in [3.8, 4) is 0 Å². The largest absolute Gasteiger partial charge is 0.464 e. The first-order chi connectivity index (χ1) is 17.3. The second kappa shape index (κ2) is 10.3. The van der Waals surface area contributed by atoms with Crippen LogP contribution in [-0.4, -0.2) is 49.0 Å². The van der Waals surface area contributed by atoms with E-state index in [9.17, 15) is 18.0 Å². The Kier molecular flexibility index (Phi) is 7.21. The number of ketones is 1. The summed E-state index contributed by atoms with van der Waals surface area (Å²) in [5.74, 6) is -1.32. The highest BCUT2D eigenvalue weighted by molar-refractivity contribution is 7.89. The van der Waals surface area contributed by atoms with Crippen molar-refractivity contribution in [2.75, 3.05) is 6.61 Å². The molecule has 0 amide bonds. The van der Waals surface area contributed by atoms with E-state index >= 15 is 0 Å². The molecule has 1 N–H and O–H groups in total. The summed E-state index contributed by atoms with van der Waals surface area (Å²) in [6, 6.07) is 18.9. The standard InChI is InChI=1S/C27H27N3O5S/c1-4-35-27(32)23-24(25(31)20-11-6-5-7-12-20)30(36(33,34)21-16-14-18(2)15-17-21)26(29-28-23)22-13-9-8-10-19(22)3/h5-17,23-24,28H,4H2,1-3H3. The summed E-state index contributed by atoms with van der Waals surface area (Å²) >= 11 is 0. The van der Waals surface area contributed by atoms with Gasteiger partial charge in [0.1, 0.15) is 6.04 Å². The van der Waals surface area contributed by atoms with Gasteiger partial charge in [-0.3, -0.25) is 10.2 Å². The minimum absolute atomic E-state index is 0.0171. The molecule has 0 radical (unpaired) electrons. The molecule has 1 aliphatic rings. The predicted molar refractivity (Wildman–Crippen MR) is 136 cm³/mol. The van der Waals surface area contributed by atoms with E-state index in [1.54, 1.807) is 61.5 Å². The molecule has 0 saturated heterocycles. The molecule has 3 aromatic carbocycles. The van der Waals surface area contributed by atoms with Crippen molar-refractivity contribution in [1.82, 2.24) is 9.73 Å². The number of rotatable bonds is 7. The van der Waals surface area contributed by atoms with Crippen LogP contribution in [0.15, 0.2) is 88.9 Å². The molecule has 8 nitrogen and oxygen atoms in total. The molecule has 0 aromatic heterocycles. The highest BCUT2D eigenvalue weighted by Gasteiger charge is 2.49. The number of carbonyl (C=O) groups is 2. The lowest BCUT2D eigenvalue weighted by atomic mass is 9.96. The van der Waals surface area contributed by atoms with Crippen LogP contribution in [-0.2, 0) is 19.6 Å². The number of nitrogens with one attached hydrogen (secondary N) is 1. The van der Waals surface area contributed by atoms with Gasteiger partial charge < -0.3 is 4.74 Å². The van der Waals surface area contributed by atoms with Crippen LogP contribution in [0.5, 0.6) is 0 Å². The van der Waals surface area contributed by atoms with Crippen molar-refractivity contribution >= 4 is 27.6 Å². The molecule has 0 saturated carbocycles. The number of amidine groups is 1. The van der Waals surface area contributed by atoms with Crippen molar-refractivity contribution in [3.63, 3.8) is 0 Å². The van der Waals surface area contributed by atoms with Crippen LogP contribution in [0.3, 0.4) is 0 Å². The third-order valence-electron chi connectivity index (χ3n) is 5.92. The Morgan fingerprint density at radius 2 is 1.58 bits per heavy atom. The van der Waals surface area contributed by atoms with Crippen LogP contribution >= 0.6 is 0 Å². The zero-order valence-electron chi connectivity index (χ0n) is 20.2. The van der Waals surface area contributed by atoms with Crippen molar-refractivity contribution in [2.24, 2.45) is 5.10 Å². The molecule has 1 heterocycles. The Labute approximate surface area is 210 Å². The summed E-state index contributed by atoms with van der Waals surface area (Å²) in [7, 11) is -4.34. The van der Waals surface area contributed by atoms with Gasteiger partial charge in [-0.15, -0.1) is 0 Å². The van der Waals surface area contributed by atoms with Crippen molar-refractivity contribution in [3.05, 3.63) is 101 Å². The lowest BCUT2D eigenvalue weighted by Crippen LogP contribution is -2.64. The zero-order valence-corrected chi connectivity index (χ0v) is 21.0. The summed E-state index contributed by atoms with van der Waals surface area (Å²) in [5.41, 5.74) is 5.13. The van der Waals surface area contributed by atoms with Gasteiger partial charge in [-0.25, -0.2) is 17.5 Å². The van der Waals surface area contributed by atoms with Gasteiger partial charge in [0.05, 0.1) is 11.5 Å². The second-order valence-corrected chi connectivity index (χ2v) is 10.2. The summed E-state index contributed by atoms with van der Waals surface area (Å²) < 4.78 is 34.5. The van der Waals surface area contributed by atoms with Crippen LogP contribution in [0.2, 0.25) is 0 Å². The van der Waals surface area contributed by atoms with Gasteiger partial charge in [0.2, 0.25) is 0 Å². The molecule has 3 aromatic rings. The average Bonchev–Trinajstić information content (AvgIpc) is 2.88. The number of aryl methyl sites for hydroxylation is 2. The van der Waals surface area contributed by atoms with Gasteiger partial charge in [0, 0.05) is 11.1 Å². The molecule has 4 rings (SSSR count). The first kappa shape index (κ1) is 25.1. The van der Waals surface area contributed by atoms with Crippen LogP contribution in [0.4, 0.5) is 0 Å². The Bertz CT molecular complexity index is 1400. The summed E-state index contributed by atoms with van der Waals surface area (Å²) in [4.78, 5) is 26.9. The van der Waals surface area contributed by atoms with Crippen molar-refractivity contribution < 1.29 is 22.7 Å². The van der Waals surface area contributed by atoms with E-state index in [1.165, 1.54) is 12.1 Å². The number of benzene rings is 3. The number of nitrogens with zero attached hydrogens (tertiary/aromatic N) is 2. The summed E-state index contributed by atoms with van der Waals surface area (Å²) in [6.45, 7) is 5.36. The van der Waals surface area contributed by atoms with E-state index in [2.05, 4.69) is 10.5 Å². The van der Waals surface area contributed by atoms with Crippen molar-refractivity contribution in [1.29, 1.82) is 0 Å². The maximum Gasteiger partial charge on any atom is 0.332 e. The van der Waals surface area contributed by atoms with Crippen molar-refractivity contribution in [2.45, 2.75) is 37.8 Å². The van der Waals surface area contributed by atoms with E-state index in [4.69, 9.17) is 4.74 Å². The maximum atomic E-state index is 14.2. The van der Waals surface area contributed by atoms with Gasteiger partial charge in [-0.2, -0.15) is 5.10 Å². The van der Waals surface area contributed by atoms with Gasteiger partial charge in [0.25, 0.3) is 10.0 Å². The fourth-order valence-corrected chi connectivity index (χ4v) is 5.64. The molecule has 0 aliphatic carbocycles. The Hall–Kier alpha value is -3.98. The molecule has 0 bridgehead atoms. The molecule has 2 unspecified atom stereocenters. The lowest BCUT2D eigenvalue weighted by Gasteiger charge is -2.39. The van der Waals surface area contributed by atoms with E-state index in [0.29, 0.717) is 5.56 Å². The van der Waals surface area contributed by atoms with Crippen LogP contribution in [0.25, 0.3) is 0 Å². The fourth-order valence-electron chi connectivity index (χ4n) is 4.05. The predicted octanol–water partition coefficient (Wildman–Crippen LogP) is 3.44. The number of sulfonamides is 1. The summed E-state index contributed by atoms with van der Waals surface area (Å²) in [5, 5.41) is 4.32. The smallest absolute Gasteiger partial charge is 0.332 e. The van der Waals surface area contributed by atoms with E-state index < -0.39 is 33.9 Å². The molecule has 186 valence electrons. The molecule has 2 atom stereocenters. The topological polar surface area (TPSA) is 105 Å². The molecular formula is C27H27N3O5S. The highest BCUT2D eigenvalue weighted by atomic mass is 32.2. The quantitative estimate of drug-likeness (QED) is 0.390. The highest BCUT2D eigenvalue weighted by Crippen LogP contribution is 2.29. The number of ether oxygens (including phenoxy) is 1.